The summed E-state index contributed by atoms with van der Waals surface area (Å²) < 4.78 is 19.7. The highest BCUT2D eigenvalue weighted by atomic mass is 19.1. The van der Waals surface area contributed by atoms with Gasteiger partial charge in [0.1, 0.15) is 12.4 Å². The molecule has 2 heterocycles. The first-order valence-corrected chi connectivity index (χ1v) is 9.51. The molecule has 0 spiro atoms. The third-order valence-corrected chi connectivity index (χ3v) is 4.59. The third-order valence-electron chi connectivity index (χ3n) is 4.59. The molecule has 8 nitrogen and oxygen atoms in total. The normalized spacial score (nSPS) is 10.9. The Morgan fingerprint density at radius 3 is 2.90 bits per heavy atom. The average molecular weight is 421 g/mol. The molecular weight excluding hydrogens is 401 g/mol. The minimum Gasteiger partial charge on any atom is -0.375 e. The van der Waals surface area contributed by atoms with Crippen molar-refractivity contribution in [3.63, 3.8) is 0 Å². The Morgan fingerprint density at radius 2 is 2.06 bits per heavy atom. The average Bonchev–Trinajstić information content (AvgIpc) is 3.38. The fourth-order valence-electron chi connectivity index (χ4n) is 3.18. The molecule has 4 aromatic rings. The van der Waals surface area contributed by atoms with Gasteiger partial charge in [0.15, 0.2) is 0 Å². The molecular formula is C22H20FN5O3. The lowest BCUT2D eigenvalue weighted by molar-refractivity contribution is -0.119. The van der Waals surface area contributed by atoms with Crippen molar-refractivity contribution in [3.8, 4) is 5.69 Å². The van der Waals surface area contributed by atoms with Crippen LogP contribution in [0.3, 0.4) is 0 Å². The number of halogens is 1. The Kier molecular flexibility index (Phi) is 5.76. The van der Waals surface area contributed by atoms with Crippen molar-refractivity contribution in [3.05, 3.63) is 78.0 Å². The van der Waals surface area contributed by atoms with Crippen LogP contribution in [0.2, 0.25) is 0 Å². The monoisotopic (exact) mass is 421 g/mol. The number of carbonyl (C=O) groups is 2. The number of nitrogens with zero attached hydrogens (tertiary/aromatic N) is 2. The first-order valence-electron chi connectivity index (χ1n) is 9.51. The number of aromatic nitrogens is 3. The molecule has 0 unspecified atom stereocenters. The van der Waals surface area contributed by atoms with Crippen LogP contribution in [0.5, 0.6) is 0 Å². The number of hydrogen-bond acceptors (Lipinski definition) is 4. The zero-order chi connectivity index (χ0) is 21.8. The van der Waals surface area contributed by atoms with Crippen LogP contribution in [-0.4, -0.2) is 40.3 Å². The van der Waals surface area contributed by atoms with E-state index in [0.29, 0.717) is 16.9 Å². The zero-order valence-corrected chi connectivity index (χ0v) is 16.7. The molecule has 4 rings (SSSR count). The van der Waals surface area contributed by atoms with Crippen molar-refractivity contribution in [2.75, 3.05) is 19.0 Å². The molecule has 3 N–H and O–H groups in total. The van der Waals surface area contributed by atoms with E-state index < -0.39 is 0 Å². The maximum absolute atomic E-state index is 13.3. The molecule has 0 aliphatic heterocycles. The molecule has 2 aromatic carbocycles. The van der Waals surface area contributed by atoms with Crippen molar-refractivity contribution in [1.29, 1.82) is 0 Å². The summed E-state index contributed by atoms with van der Waals surface area (Å²) in [5.74, 6) is -0.846. The maximum Gasteiger partial charge on any atom is 0.251 e. The highest BCUT2D eigenvalue weighted by molar-refractivity contribution is 5.95. The van der Waals surface area contributed by atoms with Crippen LogP contribution in [0.25, 0.3) is 16.6 Å². The molecule has 0 aliphatic carbocycles. The van der Waals surface area contributed by atoms with E-state index in [4.69, 9.17) is 4.74 Å². The van der Waals surface area contributed by atoms with Crippen molar-refractivity contribution >= 4 is 28.4 Å². The van der Waals surface area contributed by atoms with Crippen molar-refractivity contribution in [2.24, 2.45) is 0 Å². The van der Waals surface area contributed by atoms with Crippen LogP contribution < -0.4 is 10.6 Å². The van der Waals surface area contributed by atoms with Gasteiger partial charge >= 0.3 is 0 Å². The third kappa shape index (κ3) is 4.78. The Hall–Kier alpha value is -3.98. The van der Waals surface area contributed by atoms with E-state index in [1.807, 2.05) is 0 Å². The quantitative estimate of drug-likeness (QED) is 0.427. The largest absolute Gasteiger partial charge is 0.375 e. The van der Waals surface area contributed by atoms with Crippen LogP contribution in [-0.2, 0) is 16.1 Å². The minimum atomic E-state index is -0.307. The van der Waals surface area contributed by atoms with Gasteiger partial charge in [-0.15, -0.1) is 0 Å². The fourth-order valence-corrected chi connectivity index (χ4v) is 3.18. The van der Waals surface area contributed by atoms with Crippen LogP contribution in [0, 0.1) is 5.82 Å². The molecule has 2 amide bonds. The molecule has 9 heteroatoms. The number of ether oxygens (including phenoxy) is 1. The SMILES string of the molecule is COCC(=O)Nc1cnn(-c2cccc(C(=O)NCc3cc4cc(F)ccc4[nH]3)c2)c1. The molecule has 0 radical (unpaired) electrons. The van der Waals surface area contributed by atoms with Gasteiger partial charge in [-0.2, -0.15) is 5.10 Å². The van der Waals surface area contributed by atoms with Gasteiger partial charge in [-0.05, 0) is 42.5 Å². The lowest BCUT2D eigenvalue weighted by Gasteiger charge is -2.07. The van der Waals surface area contributed by atoms with Gasteiger partial charge in [0.05, 0.1) is 30.3 Å². The predicted molar refractivity (Wildman–Crippen MR) is 113 cm³/mol. The molecule has 2 aromatic heterocycles. The molecule has 158 valence electrons. The van der Waals surface area contributed by atoms with E-state index in [1.165, 1.54) is 25.4 Å². The maximum atomic E-state index is 13.3. The van der Waals surface area contributed by atoms with E-state index in [0.717, 1.165) is 16.6 Å². The van der Waals surface area contributed by atoms with Crippen LogP contribution in [0.4, 0.5) is 10.1 Å². The standard InChI is InChI=1S/C22H20FN5O3/c1-31-13-21(29)27-18-11-25-28(12-18)19-4-2-3-14(9-19)22(30)24-10-17-8-15-7-16(23)5-6-20(15)26-17/h2-9,11-12,26H,10,13H2,1H3,(H,24,30)(H,27,29). The molecule has 0 aliphatic rings. The Morgan fingerprint density at radius 1 is 1.19 bits per heavy atom. The second-order valence-corrected chi connectivity index (χ2v) is 6.91. The fraction of sp³-hybridized carbons (Fsp3) is 0.136. The summed E-state index contributed by atoms with van der Waals surface area (Å²) in [5, 5.41) is 10.5. The van der Waals surface area contributed by atoms with Gasteiger partial charge in [-0.3, -0.25) is 9.59 Å². The van der Waals surface area contributed by atoms with E-state index in [-0.39, 0.29) is 30.8 Å². The topological polar surface area (TPSA) is 101 Å². The molecule has 0 fully saturated rings. The lowest BCUT2D eigenvalue weighted by Crippen LogP contribution is -2.23. The summed E-state index contributed by atoms with van der Waals surface area (Å²) in [6.07, 6.45) is 3.16. The molecule has 0 atom stereocenters. The number of benzene rings is 2. The van der Waals surface area contributed by atoms with Crippen molar-refractivity contribution < 1.29 is 18.7 Å². The van der Waals surface area contributed by atoms with E-state index in [2.05, 4.69) is 20.7 Å². The number of hydrogen-bond donors (Lipinski definition) is 3. The smallest absolute Gasteiger partial charge is 0.251 e. The number of amides is 2. The van der Waals surface area contributed by atoms with Gasteiger partial charge in [0.25, 0.3) is 5.91 Å². The van der Waals surface area contributed by atoms with Gasteiger partial charge in [-0.25, -0.2) is 9.07 Å². The number of rotatable bonds is 7. The summed E-state index contributed by atoms with van der Waals surface area (Å²) >= 11 is 0. The van der Waals surface area contributed by atoms with E-state index >= 15 is 0 Å². The number of H-pyrrole nitrogens is 1. The Bertz CT molecular complexity index is 1250. The van der Waals surface area contributed by atoms with Crippen LogP contribution in [0.1, 0.15) is 16.1 Å². The molecule has 31 heavy (non-hydrogen) atoms. The number of anilines is 1. The van der Waals surface area contributed by atoms with Gasteiger partial charge < -0.3 is 20.4 Å². The summed E-state index contributed by atoms with van der Waals surface area (Å²) in [7, 11) is 1.44. The molecule has 0 saturated heterocycles. The second-order valence-electron chi connectivity index (χ2n) is 6.91. The Balaban J connectivity index is 1.43. The second kappa shape index (κ2) is 8.80. The number of fused-ring (bicyclic) bond motifs is 1. The number of carbonyl (C=O) groups excluding carboxylic acids is 2. The lowest BCUT2D eigenvalue weighted by atomic mass is 10.2. The summed E-state index contributed by atoms with van der Waals surface area (Å²) in [6, 6.07) is 13.2. The molecule has 0 bridgehead atoms. The summed E-state index contributed by atoms with van der Waals surface area (Å²) in [5.41, 5.74) is 3.22. The summed E-state index contributed by atoms with van der Waals surface area (Å²) in [4.78, 5) is 27.4. The molecule has 0 saturated carbocycles. The van der Waals surface area contributed by atoms with Gasteiger partial charge in [-0.1, -0.05) is 6.07 Å². The number of nitrogens with one attached hydrogen (secondary N) is 3. The van der Waals surface area contributed by atoms with E-state index in [1.54, 1.807) is 47.3 Å². The first-order chi connectivity index (χ1) is 15.0. The van der Waals surface area contributed by atoms with Crippen LogP contribution in [0.15, 0.2) is 60.9 Å². The number of methoxy groups -OCH3 is 1. The summed E-state index contributed by atoms with van der Waals surface area (Å²) in [6.45, 7) is 0.225. The van der Waals surface area contributed by atoms with Crippen LogP contribution >= 0.6 is 0 Å². The van der Waals surface area contributed by atoms with Gasteiger partial charge in [0, 0.05) is 29.3 Å². The van der Waals surface area contributed by atoms with E-state index in [9.17, 15) is 14.0 Å². The first kappa shape index (κ1) is 20.3. The predicted octanol–water partition coefficient (Wildman–Crippen LogP) is 3.01. The minimum absolute atomic E-state index is 0.0495. The van der Waals surface area contributed by atoms with Gasteiger partial charge in [0.2, 0.25) is 5.91 Å². The highest BCUT2D eigenvalue weighted by Gasteiger charge is 2.10. The highest BCUT2D eigenvalue weighted by Crippen LogP contribution is 2.17. The number of aromatic amines is 1. The van der Waals surface area contributed by atoms with Crippen molar-refractivity contribution in [2.45, 2.75) is 6.54 Å². The van der Waals surface area contributed by atoms with Crippen molar-refractivity contribution in [1.82, 2.24) is 20.1 Å². The zero-order valence-electron chi connectivity index (χ0n) is 16.7. The Labute approximate surface area is 177 Å².